The number of hydrogen-bond donors (Lipinski definition) is 2. The molecule has 1 heterocycles. The summed E-state index contributed by atoms with van der Waals surface area (Å²) in [5.41, 5.74) is 3.46. The number of esters is 1. The lowest BCUT2D eigenvalue weighted by Gasteiger charge is -2.28. The number of carbonyl (C=O) groups is 2. The van der Waals surface area contributed by atoms with Gasteiger partial charge in [0.2, 0.25) is 5.62 Å². The van der Waals surface area contributed by atoms with E-state index in [1.165, 1.54) is 0 Å². The summed E-state index contributed by atoms with van der Waals surface area (Å²) < 4.78 is 9.03. The summed E-state index contributed by atoms with van der Waals surface area (Å²) in [7, 11) is 0. The van der Waals surface area contributed by atoms with Crippen LogP contribution in [0.25, 0.3) is 11.0 Å². The second-order valence-electron chi connectivity index (χ2n) is 13.3. The summed E-state index contributed by atoms with van der Waals surface area (Å²) in [5, 5.41) is 20.2. The molecule has 1 saturated carbocycles. The molecule has 4 rings (SSSR count). The number of ether oxygens (including phenoxy) is 1. The van der Waals surface area contributed by atoms with E-state index in [9.17, 15) is 14.7 Å². The topological polar surface area (TPSA) is 97.3 Å². The van der Waals surface area contributed by atoms with Crippen LogP contribution in [0.5, 0.6) is 5.75 Å². The van der Waals surface area contributed by atoms with Gasteiger partial charge in [0.15, 0.2) is 5.78 Å². The number of fused-ring (bicyclic) bond motifs is 1. The molecule has 0 radical (unpaired) electrons. The van der Waals surface area contributed by atoms with Crippen LogP contribution in [0.2, 0.25) is 0 Å². The van der Waals surface area contributed by atoms with Crippen molar-refractivity contribution in [3.63, 3.8) is 0 Å². The molecule has 0 saturated heterocycles. The fourth-order valence-corrected chi connectivity index (χ4v) is 5.91. The molecule has 0 aliphatic heterocycles. The van der Waals surface area contributed by atoms with Crippen LogP contribution in [0, 0.1) is 17.2 Å². The molecular formula is C33H45N3O4. The zero-order chi connectivity index (χ0) is 29.4. The number of para-hydroxylation sites is 2. The van der Waals surface area contributed by atoms with Crippen LogP contribution in [0.3, 0.4) is 0 Å². The van der Waals surface area contributed by atoms with Gasteiger partial charge in [-0.15, -0.1) is 0 Å². The third-order valence-corrected chi connectivity index (χ3v) is 8.23. The molecule has 7 heteroatoms. The molecule has 216 valence electrons. The van der Waals surface area contributed by atoms with Gasteiger partial charge in [-0.2, -0.15) is 0 Å². The third kappa shape index (κ3) is 6.03. The molecule has 1 aliphatic carbocycles. The van der Waals surface area contributed by atoms with Crippen molar-refractivity contribution in [2.24, 2.45) is 11.8 Å². The Hall–Kier alpha value is -3.35. The van der Waals surface area contributed by atoms with Crippen LogP contribution in [-0.4, -0.2) is 32.6 Å². The predicted molar refractivity (Wildman–Crippen MR) is 158 cm³/mol. The molecule has 1 fully saturated rings. The second kappa shape index (κ2) is 11.3. The molecule has 2 aromatic carbocycles. The fraction of sp³-hybridized carbons (Fsp3) is 0.545. The van der Waals surface area contributed by atoms with Crippen molar-refractivity contribution in [1.82, 2.24) is 9.13 Å². The van der Waals surface area contributed by atoms with E-state index in [1.54, 1.807) is 4.57 Å². The number of aromatic nitrogens is 2. The van der Waals surface area contributed by atoms with Crippen LogP contribution >= 0.6 is 0 Å². The van der Waals surface area contributed by atoms with Crippen LogP contribution in [0.4, 0.5) is 0 Å². The van der Waals surface area contributed by atoms with Crippen LogP contribution < -0.4 is 5.62 Å². The highest BCUT2D eigenvalue weighted by atomic mass is 16.5. The summed E-state index contributed by atoms with van der Waals surface area (Å²) >= 11 is 0. The average Bonchev–Trinajstić information content (AvgIpc) is 3.14. The molecule has 0 atom stereocenters. The number of aromatic hydroxyl groups is 1. The Bertz CT molecular complexity index is 1420. The lowest BCUT2D eigenvalue weighted by Crippen LogP contribution is -2.31. The first-order valence-corrected chi connectivity index (χ1v) is 14.5. The lowest BCUT2D eigenvalue weighted by atomic mass is 9.78. The number of rotatable bonds is 7. The maximum absolute atomic E-state index is 13.8. The summed E-state index contributed by atoms with van der Waals surface area (Å²) in [4.78, 5) is 26.0. The molecule has 2 N–H and O–H groups in total. The minimum Gasteiger partial charge on any atom is -0.507 e. The Kier molecular flexibility index (Phi) is 8.34. The normalized spacial score (nSPS) is 18.2. The number of imidazole rings is 1. The second-order valence-corrected chi connectivity index (χ2v) is 13.3. The van der Waals surface area contributed by atoms with E-state index in [1.807, 2.05) is 89.4 Å². The first-order chi connectivity index (χ1) is 18.7. The quantitative estimate of drug-likeness (QED) is 0.261. The highest BCUT2D eigenvalue weighted by Crippen LogP contribution is 2.40. The van der Waals surface area contributed by atoms with E-state index in [0.29, 0.717) is 30.3 Å². The monoisotopic (exact) mass is 547 g/mol. The number of nitrogens with one attached hydrogen (secondary N) is 1. The number of carbonyl (C=O) groups excluding carboxylic acids is 2. The number of nitrogens with zero attached hydrogens (tertiary/aromatic N) is 2. The molecule has 0 unspecified atom stereocenters. The maximum Gasteiger partial charge on any atom is 0.308 e. The van der Waals surface area contributed by atoms with E-state index >= 15 is 0 Å². The highest BCUT2D eigenvalue weighted by Gasteiger charge is 2.30. The number of ketones is 1. The maximum atomic E-state index is 13.8. The summed E-state index contributed by atoms with van der Waals surface area (Å²) in [6.45, 7) is 15.2. The molecule has 0 amide bonds. The number of phenolic OH excluding ortho intramolecular Hbond substituents is 1. The van der Waals surface area contributed by atoms with E-state index in [4.69, 9.17) is 10.1 Å². The Morgan fingerprint density at radius 3 is 1.95 bits per heavy atom. The Morgan fingerprint density at radius 2 is 1.45 bits per heavy atom. The fourth-order valence-electron chi connectivity index (χ4n) is 5.91. The number of benzene rings is 2. The van der Waals surface area contributed by atoms with Crippen molar-refractivity contribution in [2.45, 2.75) is 98.1 Å². The average molecular weight is 548 g/mol. The molecule has 0 bridgehead atoms. The summed E-state index contributed by atoms with van der Waals surface area (Å²) in [6.07, 6.45) is 3.43. The van der Waals surface area contributed by atoms with Crippen LogP contribution in [0.1, 0.15) is 95.6 Å². The molecular weight excluding hydrogens is 502 g/mol. The molecule has 0 spiro atoms. The van der Waals surface area contributed by atoms with Gasteiger partial charge in [0.25, 0.3) is 0 Å². The summed E-state index contributed by atoms with van der Waals surface area (Å²) in [6, 6.07) is 11.5. The van der Waals surface area contributed by atoms with Gasteiger partial charge in [-0.3, -0.25) is 15.0 Å². The minimum absolute atomic E-state index is 0.0306. The van der Waals surface area contributed by atoms with E-state index in [0.717, 1.165) is 47.8 Å². The Labute approximate surface area is 237 Å². The predicted octanol–water partition coefficient (Wildman–Crippen LogP) is 6.48. The van der Waals surface area contributed by atoms with Gasteiger partial charge >= 0.3 is 5.97 Å². The Morgan fingerprint density at radius 1 is 0.925 bits per heavy atom. The van der Waals surface area contributed by atoms with Gasteiger partial charge in [-0.05, 0) is 73.6 Å². The van der Waals surface area contributed by atoms with Crippen LogP contribution in [-0.2, 0) is 33.5 Å². The van der Waals surface area contributed by atoms with Crippen molar-refractivity contribution in [1.29, 1.82) is 5.41 Å². The molecule has 1 aromatic heterocycles. The zero-order valence-corrected chi connectivity index (χ0v) is 25.1. The largest absolute Gasteiger partial charge is 0.507 e. The van der Waals surface area contributed by atoms with E-state index < -0.39 is 0 Å². The smallest absolute Gasteiger partial charge is 0.308 e. The molecule has 40 heavy (non-hydrogen) atoms. The zero-order valence-electron chi connectivity index (χ0n) is 25.1. The molecule has 7 nitrogen and oxygen atoms in total. The first kappa shape index (κ1) is 29.6. The van der Waals surface area contributed by atoms with Gasteiger partial charge in [0, 0.05) is 23.2 Å². The minimum atomic E-state index is -0.337. The summed E-state index contributed by atoms with van der Waals surface area (Å²) in [5.74, 6) is 0.392. The van der Waals surface area contributed by atoms with Gasteiger partial charge in [-0.25, -0.2) is 0 Å². The molecule has 3 aromatic rings. The highest BCUT2D eigenvalue weighted by molar-refractivity contribution is 5.97. The number of hydrogen-bond acceptors (Lipinski definition) is 5. The van der Waals surface area contributed by atoms with Crippen molar-refractivity contribution in [3.8, 4) is 5.75 Å². The van der Waals surface area contributed by atoms with Crippen molar-refractivity contribution in [3.05, 3.63) is 58.7 Å². The molecule has 1 aliphatic rings. The third-order valence-electron chi connectivity index (χ3n) is 8.23. The Balaban J connectivity index is 1.64. The first-order valence-electron chi connectivity index (χ1n) is 14.5. The van der Waals surface area contributed by atoms with Gasteiger partial charge in [-0.1, -0.05) is 53.7 Å². The standard InChI is InChI=1S/C33H45N3O4/c1-8-40-30(39)22-15-13-21(14-16-22)19-35-26-11-9-10-12-27(26)36(31(35)34)20-28(37)23-17-24(32(2,3)4)29(38)25(18-23)33(5,6)7/h9-12,17-18,21-22,34,38H,8,13-16,19-20H2,1-7H3. The lowest BCUT2D eigenvalue weighted by molar-refractivity contribution is -0.149. The van der Waals surface area contributed by atoms with Crippen molar-refractivity contribution >= 4 is 22.8 Å². The number of Topliss-reactive ketones (excluding diaryl/α,β-unsaturated/α-hetero) is 1. The van der Waals surface area contributed by atoms with Gasteiger partial charge in [0.05, 0.1) is 30.1 Å². The van der Waals surface area contributed by atoms with E-state index in [2.05, 4.69) is 0 Å². The van der Waals surface area contributed by atoms with Gasteiger partial charge in [0.1, 0.15) is 5.75 Å². The van der Waals surface area contributed by atoms with Crippen molar-refractivity contribution in [2.75, 3.05) is 6.61 Å². The number of phenols is 1. The van der Waals surface area contributed by atoms with Crippen LogP contribution in [0.15, 0.2) is 36.4 Å². The SMILES string of the molecule is CCOC(=O)C1CCC(Cn2c(=N)n(CC(=O)c3cc(C(C)(C)C)c(O)c(C(C)(C)C)c3)c3ccccc32)CC1. The van der Waals surface area contributed by atoms with Crippen molar-refractivity contribution < 1.29 is 19.4 Å². The van der Waals surface area contributed by atoms with Gasteiger partial charge < -0.3 is 19.0 Å². The van der Waals surface area contributed by atoms with E-state index in [-0.39, 0.29) is 40.8 Å².